The van der Waals surface area contributed by atoms with Gasteiger partial charge in [0.05, 0.1) is 0 Å². The molecule has 1 atom stereocenters. The molecule has 1 fully saturated rings. The average Bonchev–Trinajstić information content (AvgIpc) is 2.83. The number of ether oxygens (including phenoxy) is 1. The first kappa shape index (κ1) is 11.5. The van der Waals surface area contributed by atoms with Gasteiger partial charge in [0.2, 0.25) is 0 Å². The molecular formula is C16H18O2. The maximum Gasteiger partial charge on any atom is 0.331 e. The lowest BCUT2D eigenvalue weighted by atomic mass is 9.81. The molecule has 94 valence electrons. The molecule has 0 saturated heterocycles. The van der Waals surface area contributed by atoms with E-state index in [1.807, 2.05) is 18.2 Å². The molecule has 2 nitrogen and oxygen atoms in total. The van der Waals surface area contributed by atoms with Gasteiger partial charge < -0.3 is 4.74 Å². The minimum absolute atomic E-state index is 0.0137. The van der Waals surface area contributed by atoms with Gasteiger partial charge in [-0.1, -0.05) is 49.6 Å². The van der Waals surface area contributed by atoms with Gasteiger partial charge in [0.1, 0.15) is 6.10 Å². The van der Waals surface area contributed by atoms with Gasteiger partial charge in [-0.3, -0.25) is 0 Å². The van der Waals surface area contributed by atoms with Crippen molar-refractivity contribution in [2.24, 2.45) is 5.92 Å². The van der Waals surface area contributed by atoms with E-state index in [-0.39, 0.29) is 12.1 Å². The molecule has 0 aromatic heterocycles. The third-order valence-corrected chi connectivity index (χ3v) is 4.01. The second-order valence-electron chi connectivity index (χ2n) is 5.22. The molecule has 0 N–H and O–H groups in total. The summed E-state index contributed by atoms with van der Waals surface area (Å²) in [7, 11) is 0. The smallest absolute Gasteiger partial charge is 0.331 e. The van der Waals surface area contributed by atoms with Crippen LogP contribution in [0.15, 0.2) is 36.4 Å². The van der Waals surface area contributed by atoms with Gasteiger partial charge in [0.15, 0.2) is 0 Å². The van der Waals surface area contributed by atoms with Crippen LogP contribution in [-0.2, 0) is 9.53 Å². The highest BCUT2D eigenvalue weighted by molar-refractivity contribution is 5.97. The molecule has 1 unspecified atom stereocenters. The van der Waals surface area contributed by atoms with Crippen molar-refractivity contribution in [1.82, 2.24) is 0 Å². The Labute approximate surface area is 108 Å². The molecule has 1 aromatic rings. The summed E-state index contributed by atoms with van der Waals surface area (Å²) < 4.78 is 5.54. The minimum atomic E-state index is -0.176. The molecule has 1 aliphatic heterocycles. The highest BCUT2D eigenvalue weighted by atomic mass is 16.5. The van der Waals surface area contributed by atoms with E-state index in [4.69, 9.17) is 4.74 Å². The molecule has 18 heavy (non-hydrogen) atoms. The number of carbonyl (C=O) groups excluding carboxylic acids is 1. The van der Waals surface area contributed by atoms with Crippen molar-refractivity contribution in [2.45, 2.75) is 38.2 Å². The van der Waals surface area contributed by atoms with Gasteiger partial charge in [0.25, 0.3) is 0 Å². The SMILES string of the molecule is O=C1C=C(c2ccccc2)C(C2CCCCC2)O1. The van der Waals surface area contributed by atoms with E-state index in [2.05, 4.69) is 12.1 Å². The normalized spacial score (nSPS) is 24.8. The molecule has 1 saturated carbocycles. The van der Waals surface area contributed by atoms with Gasteiger partial charge in [-0.15, -0.1) is 0 Å². The maximum absolute atomic E-state index is 11.6. The Kier molecular flexibility index (Phi) is 3.18. The third kappa shape index (κ3) is 2.20. The van der Waals surface area contributed by atoms with Gasteiger partial charge >= 0.3 is 5.97 Å². The summed E-state index contributed by atoms with van der Waals surface area (Å²) in [6, 6.07) is 10.1. The van der Waals surface area contributed by atoms with Gasteiger partial charge in [0, 0.05) is 17.6 Å². The highest BCUT2D eigenvalue weighted by Gasteiger charge is 2.34. The monoisotopic (exact) mass is 242 g/mol. The summed E-state index contributed by atoms with van der Waals surface area (Å²) in [6.45, 7) is 0. The Morgan fingerprint density at radius 3 is 2.44 bits per heavy atom. The molecule has 2 heteroatoms. The molecule has 2 aliphatic rings. The zero-order valence-corrected chi connectivity index (χ0v) is 10.5. The van der Waals surface area contributed by atoms with Crippen molar-refractivity contribution in [2.75, 3.05) is 0 Å². The zero-order valence-electron chi connectivity index (χ0n) is 10.5. The topological polar surface area (TPSA) is 26.3 Å². The van der Waals surface area contributed by atoms with Crippen molar-refractivity contribution in [3.63, 3.8) is 0 Å². The van der Waals surface area contributed by atoms with Crippen LogP contribution >= 0.6 is 0 Å². The van der Waals surface area contributed by atoms with Gasteiger partial charge in [-0.2, -0.15) is 0 Å². The fourth-order valence-electron chi connectivity index (χ4n) is 3.10. The molecule has 0 radical (unpaired) electrons. The predicted octanol–water partition coefficient (Wildman–Crippen LogP) is 3.58. The van der Waals surface area contributed by atoms with E-state index in [1.54, 1.807) is 6.08 Å². The number of cyclic esters (lactones) is 1. The quantitative estimate of drug-likeness (QED) is 0.741. The Hall–Kier alpha value is -1.57. The molecule has 1 aliphatic carbocycles. The second kappa shape index (κ2) is 4.97. The zero-order chi connectivity index (χ0) is 12.4. The molecule has 0 spiro atoms. The van der Waals surface area contributed by atoms with E-state index in [1.165, 1.54) is 32.1 Å². The predicted molar refractivity (Wildman–Crippen MR) is 70.9 cm³/mol. The van der Waals surface area contributed by atoms with E-state index < -0.39 is 0 Å². The Morgan fingerprint density at radius 2 is 1.72 bits per heavy atom. The van der Waals surface area contributed by atoms with Crippen LogP contribution in [0.25, 0.3) is 5.57 Å². The highest BCUT2D eigenvalue weighted by Crippen LogP contribution is 2.37. The van der Waals surface area contributed by atoms with Crippen LogP contribution in [0, 0.1) is 5.92 Å². The fraction of sp³-hybridized carbons (Fsp3) is 0.438. The van der Waals surface area contributed by atoms with Crippen molar-refractivity contribution in [3.8, 4) is 0 Å². The Balaban J connectivity index is 1.86. The number of carbonyl (C=O) groups is 1. The standard InChI is InChI=1S/C16H18O2/c17-15-11-14(12-7-3-1-4-8-12)16(18-15)13-9-5-2-6-10-13/h1,3-4,7-8,11,13,16H,2,5-6,9-10H2. The molecule has 1 aromatic carbocycles. The summed E-state index contributed by atoms with van der Waals surface area (Å²) in [5.41, 5.74) is 2.20. The molecule has 1 heterocycles. The first-order valence-electron chi connectivity index (χ1n) is 6.82. The second-order valence-corrected chi connectivity index (χ2v) is 5.22. The fourth-order valence-corrected chi connectivity index (χ4v) is 3.10. The van der Waals surface area contributed by atoms with Crippen LogP contribution in [0.5, 0.6) is 0 Å². The van der Waals surface area contributed by atoms with Crippen LogP contribution in [0.1, 0.15) is 37.7 Å². The lowest BCUT2D eigenvalue weighted by Gasteiger charge is -2.28. The van der Waals surface area contributed by atoms with Crippen LogP contribution in [0.4, 0.5) is 0 Å². The van der Waals surface area contributed by atoms with E-state index >= 15 is 0 Å². The van der Waals surface area contributed by atoms with Gasteiger partial charge in [-0.05, 0) is 18.4 Å². The van der Waals surface area contributed by atoms with E-state index in [0.717, 1.165) is 11.1 Å². The first-order valence-corrected chi connectivity index (χ1v) is 6.82. The van der Waals surface area contributed by atoms with Crippen molar-refractivity contribution in [1.29, 1.82) is 0 Å². The number of hydrogen-bond acceptors (Lipinski definition) is 2. The first-order chi connectivity index (χ1) is 8.84. The van der Waals surface area contributed by atoms with Crippen LogP contribution in [-0.4, -0.2) is 12.1 Å². The van der Waals surface area contributed by atoms with Crippen LogP contribution in [0.2, 0.25) is 0 Å². The third-order valence-electron chi connectivity index (χ3n) is 4.01. The average molecular weight is 242 g/mol. The molecular weight excluding hydrogens is 224 g/mol. The molecule has 0 amide bonds. The summed E-state index contributed by atoms with van der Waals surface area (Å²) in [5.74, 6) is 0.334. The number of rotatable bonds is 2. The molecule has 3 rings (SSSR count). The lowest BCUT2D eigenvalue weighted by molar-refractivity contribution is -0.140. The molecule has 0 bridgehead atoms. The number of hydrogen-bond donors (Lipinski definition) is 0. The van der Waals surface area contributed by atoms with E-state index in [0.29, 0.717) is 5.92 Å². The van der Waals surface area contributed by atoms with Crippen molar-refractivity contribution in [3.05, 3.63) is 42.0 Å². The summed E-state index contributed by atoms with van der Waals surface area (Å²) in [4.78, 5) is 11.6. The number of benzene rings is 1. The van der Waals surface area contributed by atoms with Crippen LogP contribution in [0.3, 0.4) is 0 Å². The summed E-state index contributed by atoms with van der Waals surface area (Å²) in [5, 5.41) is 0. The minimum Gasteiger partial charge on any atom is -0.454 e. The lowest BCUT2D eigenvalue weighted by Crippen LogP contribution is -2.25. The van der Waals surface area contributed by atoms with Crippen LogP contribution < -0.4 is 0 Å². The Morgan fingerprint density at radius 1 is 1.00 bits per heavy atom. The largest absolute Gasteiger partial charge is 0.454 e. The van der Waals surface area contributed by atoms with Crippen molar-refractivity contribution >= 4 is 11.5 Å². The number of esters is 1. The summed E-state index contributed by atoms with van der Waals surface area (Å²) in [6.07, 6.45) is 7.88. The Bertz CT molecular complexity index is 455. The van der Waals surface area contributed by atoms with Crippen molar-refractivity contribution < 1.29 is 9.53 Å². The summed E-state index contributed by atoms with van der Waals surface area (Å²) >= 11 is 0. The van der Waals surface area contributed by atoms with Gasteiger partial charge in [-0.25, -0.2) is 4.79 Å². The van der Waals surface area contributed by atoms with E-state index in [9.17, 15) is 4.79 Å². The maximum atomic E-state index is 11.6.